The Morgan fingerprint density at radius 2 is 1.05 bits per heavy atom. The second kappa shape index (κ2) is 8.37. The number of furan rings is 1. The molecule has 3 heteroatoms. The molecule has 0 aliphatic rings. The molecule has 3 heterocycles. The number of aromatic nitrogens is 2. The van der Waals surface area contributed by atoms with Gasteiger partial charge in [-0.05, 0) is 60.0 Å². The van der Waals surface area contributed by atoms with E-state index in [2.05, 4.69) is 143 Å². The summed E-state index contributed by atoms with van der Waals surface area (Å²) in [6.45, 7) is 0. The summed E-state index contributed by atoms with van der Waals surface area (Å²) < 4.78 is 11.1. The van der Waals surface area contributed by atoms with E-state index in [1.165, 1.54) is 60.1 Å². The molecule has 0 saturated carbocycles. The van der Waals surface area contributed by atoms with Gasteiger partial charge in [0.15, 0.2) is 0 Å². The van der Waals surface area contributed by atoms with Gasteiger partial charge in [0.05, 0.1) is 22.1 Å². The van der Waals surface area contributed by atoms with E-state index in [9.17, 15) is 0 Å². The number of para-hydroxylation sites is 3. The highest BCUT2D eigenvalue weighted by atomic mass is 16.3. The van der Waals surface area contributed by atoms with Crippen LogP contribution in [0.3, 0.4) is 0 Å². The highest BCUT2D eigenvalue weighted by molar-refractivity contribution is 6.31. The number of fused-ring (bicyclic) bond motifs is 12. The summed E-state index contributed by atoms with van der Waals surface area (Å²) >= 11 is 0. The molecule has 10 aromatic rings. The number of hydrogen-bond acceptors (Lipinski definition) is 1. The quantitative estimate of drug-likeness (QED) is 0.211. The van der Waals surface area contributed by atoms with Crippen LogP contribution in [0.4, 0.5) is 0 Å². The van der Waals surface area contributed by atoms with Crippen molar-refractivity contribution >= 4 is 76.3 Å². The van der Waals surface area contributed by atoms with E-state index >= 15 is 0 Å². The maximum absolute atomic E-state index is 6.21. The Bertz CT molecular complexity index is 2720. The van der Waals surface area contributed by atoms with Crippen molar-refractivity contribution in [2.45, 2.75) is 0 Å². The Morgan fingerprint density at radius 1 is 0.372 bits per heavy atom. The largest absolute Gasteiger partial charge is 0.456 e. The van der Waals surface area contributed by atoms with E-state index in [1.807, 2.05) is 12.1 Å². The maximum atomic E-state index is 6.21. The molecule has 7 aromatic carbocycles. The third-order valence-corrected chi connectivity index (χ3v) is 9.08. The average Bonchev–Trinajstić information content (AvgIpc) is 3.72. The minimum atomic E-state index is 0.906. The zero-order chi connectivity index (χ0) is 28.1. The molecular formula is C40H24N2O. The van der Waals surface area contributed by atoms with E-state index in [4.69, 9.17) is 4.42 Å². The SMILES string of the molecule is c1ccc(-n2c3ccccc3c3c4c5ccc6ccccc6c5n(-c5ccc6oc7ccccc7c6c5)c4ccc32)cc1. The zero-order valence-corrected chi connectivity index (χ0v) is 23.2. The molecule has 0 N–H and O–H groups in total. The lowest BCUT2D eigenvalue weighted by Crippen LogP contribution is -1.95. The van der Waals surface area contributed by atoms with Crippen molar-refractivity contribution < 1.29 is 4.42 Å². The van der Waals surface area contributed by atoms with Gasteiger partial charge in [-0.1, -0.05) is 91.0 Å². The maximum Gasteiger partial charge on any atom is 0.135 e. The number of rotatable bonds is 2. The summed E-state index contributed by atoms with van der Waals surface area (Å²) in [6.07, 6.45) is 0. The lowest BCUT2D eigenvalue weighted by atomic mass is 10.0. The van der Waals surface area contributed by atoms with Crippen LogP contribution in [-0.2, 0) is 0 Å². The normalized spacial score (nSPS) is 12.2. The number of nitrogens with zero attached hydrogens (tertiary/aromatic N) is 2. The summed E-state index contributed by atoms with van der Waals surface area (Å²) in [5.41, 5.74) is 8.96. The first kappa shape index (κ1) is 22.8. The molecule has 10 rings (SSSR count). The molecule has 0 bridgehead atoms. The lowest BCUT2D eigenvalue weighted by molar-refractivity contribution is 0.669. The molecule has 0 fully saturated rings. The van der Waals surface area contributed by atoms with Crippen molar-refractivity contribution in [3.8, 4) is 11.4 Å². The van der Waals surface area contributed by atoms with Gasteiger partial charge in [0, 0.05) is 49.1 Å². The van der Waals surface area contributed by atoms with Crippen molar-refractivity contribution in [1.29, 1.82) is 0 Å². The lowest BCUT2D eigenvalue weighted by Gasteiger charge is -2.10. The highest BCUT2D eigenvalue weighted by Crippen LogP contribution is 2.44. The van der Waals surface area contributed by atoms with Crippen LogP contribution in [0.15, 0.2) is 150 Å². The molecule has 0 atom stereocenters. The molecule has 3 aromatic heterocycles. The van der Waals surface area contributed by atoms with Crippen LogP contribution in [0.2, 0.25) is 0 Å². The fourth-order valence-electron chi connectivity index (χ4n) is 7.30. The van der Waals surface area contributed by atoms with Gasteiger partial charge in [-0.2, -0.15) is 0 Å². The minimum absolute atomic E-state index is 0.906. The molecule has 0 aliphatic heterocycles. The van der Waals surface area contributed by atoms with E-state index in [0.29, 0.717) is 0 Å². The van der Waals surface area contributed by atoms with E-state index in [1.54, 1.807) is 0 Å². The minimum Gasteiger partial charge on any atom is -0.456 e. The van der Waals surface area contributed by atoms with Crippen molar-refractivity contribution in [1.82, 2.24) is 9.13 Å². The third-order valence-electron chi connectivity index (χ3n) is 9.08. The molecule has 0 unspecified atom stereocenters. The Kier molecular flexibility index (Phi) is 4.45. The Labute approximate surface area is 246 Å². The van der Waals surface area contributed by atoms with Crippen LogP contribution < -0.4 is 0 Å². The molecule has 0 aliphatic carbocycles. The fourth-order valence-corrected chi connectivity index (χ4v) is 7.30. The second-order valence-corrected chi connectivity index (χ2v) is 11.3. The number of benzene rings is 7. The first-order chi connectivity index (χ1) is 21.3. The van der Waals surface area contributed by atoms with Crippen molar-refractivity contribution in [2.24, 2.45) is 0 Å². The van der Waals surface area contributed by atoms with Gasteiger partial charge in [-0.25, -0.2) is 0 Å². The molecule has 200 valence electrons. The van der Waals surface area contributed by atoms with Crippen LogP contribution in [0.5, 0.6) is 0 Å². The molecule has 43 heavy (non-hydrogen) atoms. The predicted octanol–water partition coefficient (Wildman–Crippen LogP) is 10.9. The topological polar surface area (TPSA) is 23.0 Å². The molecule has 0 spiro atoms. The Hall–Kier alpha value is -5.80. The van der Waals surface area contributed by atoms with E-state index in [-0.39, 0.29) is 0 Å². The summed E-state index contributed by atoms with van der Waals surface area (Å²) in [6, 6.07) is 52.3. The molecular weight excluding hydrogens is 524 g/mol. The van der Waals surface area contributed by atoms with Crippen LogP contribution in [0.1, 0.15) is 0 Å². The Balaban J connectivity index is 1.42. The fraction of sp³-hybridized carbons (Fsp3) is 0. The molecule has 0 saturated heterocycles. The molecule has 0 amide bonds. The summed E-state index contributed by atoms with van der Waals surface area (Å²) in [7, 11) is 0. The average molecular weight is 549 g/mol. The summed E-state index contributed by atoms with van der Waals surface area (Å²) in [5.74, 6) is 0. The monoisotopic (exact) mass is 548 g/mol. The zero-order valence-electron chi connectivity index (χ0n) is 23.2. The van der Waals surface area contributed by atoms with Crippen molar-refractivity contribution in [3.63, 3.8) is 0 Å². The first-order valence-electron chi connectivity index (χ1n) is 14.7. The summed E-state index contributed by atoms with van der Waals surface area (Å²) in [4.78, 5) is 0. The van der Waals surface area contributed by atoms with E-state index < -0.39 is 0 Å². The van der Waals surface area contributed by atoms with Gasteiger partial charge in [-0.3, -0.25) is 0 Å². The van der Waals surface area contributed by atoms with Gasteiger partial charge >= 0.3 is 0 Å². The van der Waals surface area contributed by atoms with Gasteiger partial charge in [0.25, 0.3) is 0 Å². The second-order valence-electron chi connectivity index (χ2n) is 11.3. The summed E-state index contributed by atoms with van der Waals surface area (Å²) in [5, 5.41) is 9.82. The number of hydrogen-bond donors (Lipinski definition) is 0. The molecule has 3 nitrogen and oxygen atoms in total. The van der Waals surface area contributed by atoms with Gasteiger partial charge < -0.3 is 13.6 Å². The predicted molar refractivity (Wildman–Crippen MR) is 180 cm³/mol. The van der Waals surface area contributed by atoms with Gasteiger partial charge in [-0.15, -0.1) is 0 Å². The van der Waals surface area contributed by atoms with E-state index in [0.717, 1.165) is 27.6 Å². The third kappa shape index (κ3) is 3.03. The van der Waals surface area contributed by atoms with Crippen LogP contribution in [0.25, 0.3) is 87.7 Å². The Morgan fingerprint density at radius 3 is 1.93 bits per heavy atom. The van der Waals surface area contributed by atoms with Gasteiger partial charge in [0.1, 0.15) is 11.2 Å². The van der Waals surface area contributed by atoms with Crippen LogP contribution >= 0.6 is 0 Å². The van der Waals surface area contributed by atoms with Crippen molar-refractivity contribution in [2.75, 3.05) is 0 Å². The van der Waals surface area contributed by atoms with Crippen molar-refractivity contribution in [3.05, 3.63) is 146 Å². The van der Waals surface area contributed by atoms with Crippen LogP contribution in [-0.4, -0.2) is 9.13 Å². The van der Waals surface area contributed by atoms with Gasteiger partial charge in [0.2, 0.25) is 0 Å². The molecule has 0 radical (unpaired) electrons. The highest BCUT2D eigenvalue weighted by Gasteiger charge is 2.22. The standard InChI is InChI=1S/C40H24N2O/c1-2-11-26(12-3-1)41-33-16-8-6-15-30(33)38-34(41)21-22-35-39(38)31-20-18-25-10-4-5-13-28(25)40(31)42(35)27-19-23-37-32(24-27)29-14-7-9-17-36(29)43-37/h1-24H. The first-order valence-corrected chi connectivity index (χ1v) is 14.7. The smallest absolute Gasteiger partial charge is 0.135 e. The van der Waals surface area contributed by atoms with Crippen LogP contribution in [0, 0.1) is 0 Å².